The monoisotopic (exact) mass is 282 g/mol. The van der Waals surface area contributed by atoms with Gasteiger partial charge in [-0.25, -0.2) is 9.97 Å². The molecule has 1 aromatic heterocycles. The molecule has 0 aliphatic heterocycles. The first-order chi connectivity index (χ1) is 7.63. The lowest BCUT2D eigenvalue weighted by atomic mass is 10.2. The van der Waals surface area contributed by atoms with Crippen molar-refractivity contribution in [3.63, 3.8) is 0 Å². The van der Waals surface area contributed by atoms with Crippen LogP contribution in [0.4, 0.5) is 0 Å². The van der Waals surface area contributed by atoms with Gasteiger partial charge in [-0.05, 0) is 12.1 Å². The van der Waals surface area contributed by atoms with Gasteiger partial charge in [0.2, 0.25) is 0 Å². The highest BCUT2D eigenvalue weighted by molar-refractivity contribution is 9.09. The summed E-state index contributed by atoms with van der Waals surface area (Å²) in [5.74, 6) is 0.821. The first kappa shape index (κ1) is 12.9. The molecule has 16 heavy (non-hydrogen) atoms. The minimum Gasteiger partial charge on any atom is -0.497 e. The van der Waals surface area contributed by atoms with Crippen LogP contribution in [-0.2, 0) is 0 Å². The zero-order valence-corrected chi connectivity index (χ0v) is 11.2. The topological polar surface area (TPSA) is 35.0 Å². The summed E-state index contributed by atoms with van der Waals surface area (Å²) in [6, 6.07) is 5.72. The molecule has 0 fully saturated rings. The molecule has 0 bridgehead atoms. The van der Waals surface area contributed by atoms with Crippen LogP contribution >= 0.6 is 15.9 Å². The Bertz CT molecular complexity index is 443. The molecular weight excluding hydrogens is 268 g/mol. The van der Waals surface area contributed by atoms with Crippen molar-refractivity contribution in [2.24, 2.45) is 0 Å². The van der Waals surface area contributed by atoms with Crippen molar-refractivity contribution >= 4 is 26.8 Å². The van der Waals surface area contributed by atoms with Gasteiger partial charge in [-0.2, -0.15) is 0 Å². The number of hydrogen-bond donors (Lipinski definition) is 0. The van der Waals surface area contributed by atoms with Gasteiger partial charge < -0.3 is 4.74 Å². The lowest BCUT2D eigenvalue weighted by Gasteiger charge is -1.99. The molecule has 0 atom stereocenters. The van der Waals surface area contributed by atoms with E-state index in [1.165, 1.54) is 6.33 Å². The highest BCUT2D eigenvalue weighted by Crippen LogP contribution is 2.16. The van der Waals surface area contributed by atoms with E-state index in [2.05, 4.69) is 39.7 Å². The number of methoxy groups -OCH3 is 1. The van der Waals surface area contributed by atoms with E-state index in [0.717, 1.165) is 16.7 Å². The molecule has 0 N–H and O–H groups in total. The molecule has 86 valence electrons. The molecule has 0 unspecified atom stereocenters. The summed E-state index contributed by atoms with van der Waals surface area (Å²) in [7, 11) is 1.64. The largest absolute Gasteiger partial charge is 0.497 e. The molecule has 0 aliphatic rings. The van der Waals surface area contributed by atoms with E-state index in [1.54, 1.807) is 13.3 Å². The van der Waals surface area contributed by atoms with Crippen molar-refractivity contribution in [1.29, 1.82) is 0 Å². The third kappa shape index (κ3) is 4.14. The maximum atomic E-state index is 5.06. The van der Waals surface area contributed by atoms with Gasteiger partial charge >= 0.3 is 0 Å². The summed E-state index contributed by atoms with van der Waals surface area (Å²) < 4.78 is 5.06. The summed E-state index contributed by atoms with van der Waals surface area (Å²) in [6.07, 6.45) is 3.31. The van der Waals surface area contributed by atoms with Crippen molar-refractivity contribution in [1.82, 2.24) is 9.97 Å². The zero-order chi connectivity index (χ0) is 12.0. The van der Waals surface area contributed by atoms with Crippen LogP contribution in [0.2, 0.25) is 0 Å². The number of fused-ring (bicyclic) bond motifs is 1. The number of halogens is 1. The van der Waals surface area contributed by atoms with Crippen LogP contribution in [0.3, 0.4) is 0 Å². The van der Waals surface area contributed by atoms with Crippen LogP contribution in [-0.4, -0.2) is 21.9 Å². The predicted octanol–water partition coefficient (Wildman–Crippen LogP) is 3.43. The molecule has 0 aliphatic carbocycles. The van der Waals surface area contributed by atoms with Gasteiger partial charge in [0.1, 0.15) is 12.1 Å². The van der Waals surface area contributed by atoms with E-state index in [-0.39, 0.29) is 0 Å². The number of ether oxygens (including phenoxy) is 1. The molecule has 4 heteroatoms. The summed E-state index contributed by atoms with van der Waals surface area (Å²) in [4.78, 5) is 8.66. The van der Waals surface area contributed by atoms with Crippen LogP contribution in [0.5, 0.6) is 5.75 Å². The highest BCUT2D eigenvalue weighted by Gasteiger charge is 1.95. The Kier molecular flexibility index (Phi) is 5.19. The maximum Gasteiger partial charge on any atom is 0.121 e. The van der Waals surface area contributed by atoms with E-state index in [0.29, 0.717) is 4.83 Å². The van der Waals surface area contributed by atoms with Gasteiger partial charge in [-0.1, -0.05) is 29.8 Å². The first-order valence-corrected chi connectivity index (χ1v) is 5.93. The van der Waals surface area contributed by atoms with Crippen molar-refractivity contribution < 1.29 is 4.74 Å². The van der Waals surface area contributed by atoms with Crippen molar-refractivity contribution in [2.75, 3.05) is 7.11 Å². The Morgan fingerprint density at radius 2 is 2.00 bits per heavy atom. The molecule has 1 heterocycles. The zero-order valence-electron chi connectivity index (χ0n) is 9.64. The van der Waals surface area contributed by atoms with Gasteiger partial charge in [0.15, 0.2) is 0 Å². The predicted molar refractivity (Wildman–Crippen MR) is 70.2 cm³/mol. The van der Waals surface area contributed by atoms with Crippen LogP contribution in [0, 0.1) is 0 Å². The molecule has 2 rings (SSSR count). The Hall–Kier alpha value is -1.16. The number of nitrogens with zero attached hydrogens (tertiary/aromatic N) is 2. The van der Waals surface area contributed by atoms with E-state index >= 15 is 0 Å². The fourth-order valence-corrected chi connectivity index (χ4v) is 1.08. The van der Waals surface area contributed by atoms with E-state index in [4.69, 9.17) is 4.74 Å². The number of benzene rings is 1. The average Bonchev–Trinajstić information content (AvgIpc) is 2.27. The Labute approximate surface area is 104 Å². The van der Waals surface area contributed by atoms with E-state index in [9.17, 15) is 0 Å². The lowest BCUT2D eigenvalue weighted by Crippen LogP contribution is -1.84. The number of hydrogen-bond acceptors (Lipinski definition) is 3. The molecule has 0 spiro atoms. The second kappa shape index (κ2) is 6.43. The quantitative estimate of drug-likeness (QED) is 0.752. The average molecular weight is 283 g/mol. The van der Waals surface area contributed by atoms with Crippen LogP contribution in [0.25, 0.3) is 10.9 Å². The highest BCUT2D eigenvalue weighted by atomic mass is 79.9. The van der Waals surface area contributed by atoms with Gasteiger partial charge in [-0.15, -0.1) is 0 Å². The summed E-state index contributed by atoms with van der Waals surface area (Å²) in [5, 5.41) is 1.03. The van der Waals surface area contributed by atoms with E-state index < -0.39 is 0 Å². The molecule has 0 radical (unpaired) electrons. The second-order valence-corrected chi connectivity index (χ2v) is 5.29. The molecule has 0 saturated carbocycles. The lowest BCUT2D eigenvalue weighted by molar-refractivity contribution is 0.415. The number of alkyl halides is 1. The molecule has 3 nitrogen and oxygen atoms in total. The van der Waals surface area contributed by atoms with Gasteiger partial charge in [-0.3, -0.25) is 0 Å². The molecule has 0 saturated heterocycles. The Balaban J connectivity index is 0.000000280. The van der Waals surface area contributed by atoms with Crippen molar-refractivity contribution in [3.05, 3.63) is 30.7 Å². The third-order valence-electron chi connectivity index (χ3n) is 1.71. The minimum absolute atomic E-state index is 0.646. The minimum atomic E-state index is 0.646. The fraction of sp³-hybridized carbons (Fsp3) is 0.333. The maximum absolute atomic E-state index is 5.06. The smallest absolute Gasteiger partial charge is 0.121 e. The third-order valence-corrected chi connectivity index (χ3v) is 1.71. The summed E-state index contributed by atoms with van der Waals surface area (Å²) >= 11 is 3.27. The van der Waals surface area contributed by atoms with Crippen LogP contribution in [0.1, 0.15) is 13.8 Å². The summed E-state index contributed by atoms with van der Waals surface area (Å²) in [5.41, 5.74) is 0.907. The Morgan fingerprint density at radius 1 is 1.31 bits per heavy atom. The van der Waals surface area contributed by atoms with Gasteiger partial charge in [0, 0.05) is 22.5 Å². The number of rotatable bonds is 1. The van der Waals surface area contributed by atoms with Crippen LogP contribution in [0.15, 0.2) is 30.7 Å². The SMILES string of the molecule is CC(C)Br.COc1ccc2cncnc2c1. The second-order valence-electron chi connectivity index (χ2n) is 3.46. The summed E-state index contributed by atoms with van der Waals surface area (Å²) in [6.45, 7) is 4.17. The normalized spacial score (nSPS) is 9.81. The van der Waals surface area contributed by atoms with E-state index in [1.807, 2.05) is 18.2 Å². The van der Waals surface area contributed by atoms with Gasteiger partial charge in [0.05, 0.1) is 12.6 Å². The molecule has 1 aromatic carbocycles. The molecular formula is C12H15BrN2O. The van der Waals surface area contributed by atoms with Gasteiger partial charge in [0.25, 0.3) is 0 Å². The standard InChI is InChI=1S/C9H8N2O.C3H7Br/c1-12-8-3-2-7-5-10-6-11-9(7)4-8;1-3(2)4/h2-6H,1H3;3H,1-2H3. The van der Waals surface area contributed by atoms with Crippen molar-refractivity contribution in [2.45, 2.75) is 18.7 Å². The first-order valence-electron chi connectivity index (χ1n) is 5.01. The van der Waals surface area contributed by atoms with Crippen LogP contribution < -0.4 is 4.74 Å². The molecule has 2 aromatic rings. The number of aromatic nitrogens is 2. The fourth-order valence-electron chi connectivity index (χ4n) is 1.08. The van der Waals surface area contributed by atoms with Crippen molar-refractivity contribution in [3.8, 4) is 5.75 Å². The molecule has 0 amide bonds. The Morgan fingerprint density at radius 3 is 2.62 bits per heavy atom.